The van der Waals surface area contributed by atoms with Gasteiger partial charge in [-0.3, -0.25) is 0 Å². The normalized spacial score (nSPS) is 17.8. The molecule has 2 N–H and O–H groups in total. The van der Waals surface area contributed by atoms with Gasteiger partial charge in [0.2, 0.25) is 0 Å². The number of aliphatic hydroxyl groups is 1. The fraction of sp³-hybridized carbons (Fsp3) is 0.632. The average Bonchev–Trinajstić information content (AvgIpc) is 2.61. The second-order valence-electron chi connectivity index (χ2n) is 6.97. The number of rotatable bonds is 7. The lowest BCUT2D eigenvalue weighted by Gasteiger charge is -2.31. The number of likely N-dealkylation sites (tertiary alicyclic amines) is 1. The van der Waals surface area contributed by atoms with Gasteiger partial charge in [-0.05, 0) is 48.8 Å². The van der Waals surface area contributed by atoms with Gasteiger partial charge in [0, 0.05) is 26.2 Å². The number of amides is 2. The lowest BCUT2D eigenvalue weighted by atomic mass is 9.99. The predicted octanol–water partition coefficient (Wildman–Crippen LogP) is 2.68. The number of nitrogens with zero attached hydrogens (tertiary/aromatic N) is 1. The van der Waals surface area contributed by atoms with Gasteiger partial charge in [0.15, 0.2) is 0 Å². The van der Waals surface area contributed by atoms with Gasteiger partial charge in [0.05, 0.1) is 6.61 Å². The lowest BCUT2D eigenvalue weighted by molar-refractivity contribution is 0.129. The SMILES string of the molecule is CC(C)COc1ccc(CCNC(=O)N2CCCC(CO)C2)cc1. The summed E-state index contributed by atoms with van der Waals surface area (Å²) in [5.41, 5.74) is 1.18. The Labute approximate surface area is 145 Å². The molecule has 5 heteroatoms. The first-order chi connectivity index (χ1) is 11.6. The number of hydrogen-bond acceptors (Lipinski definition) is 3. The molecular weight excluding hydrogens is 304 g/mol. The van der Waals surface area contributed by atoms with Crippen molar-refractivity contribution in [1.82, 2.24) is 10.2 Å². The summed E-state index contributed by atoms with van der Waals surface area (Å²) in [5.74, 6) is 1.63. The Morgan fingerprint density at radius 1 is 1.38 bits per heavy atom. The second-order valence-corrected chi connectivity index (χ2v) is 6.97. The smallest absolute Gasteiger partial charge is 0.317 e. The zero-order chi connectivity index (χ0) is 17.4. The van der Waals surface area contributed by atoms with Gasteiger partial charge in [-0.25, -0.2) is 4.79 Å². The van der Waals surface area contributed by atoms with E-state index in [1.807, 2.05) is 29.2 Å². The monoisotopic (exact) mass is 334 g/mol. The quantitative estimate of drug-likeness (QED) is 0.806. The van der Waals surface area contributed by atoms with Crippen LogP contribution in [-0.4, -0.2) is 48.9 Å². The molecular formula is C19H30N2O3. The van der Waals surface area contributed by atoms with Crippen LogP contribution in [0.3, 0.4) is 0 Å². The molecule has 2 amide bonds. The Morgan fingerprint density at radius 2 is 2.12 bits per heavy atom. The van der Waals surface area contributed by atoms with Crippen molar-refractivity contribution >= 4 is 6.03 Å². The number of aliphatic hydroxyl groups excluding tert-OH is 1. The number of hydrogen-bond donors (Lipinski definition) is 2. The fourth-order valence-electron chi connectivity index (χ4n) is 2.84. The molecule has 1 aromatic carbocycles. The number of benzene rings is 1. The Hall–Kier alpha value is -1.75. The summed E-state index contributed by atoms with van der Waals surface area (Å²) in [4.78, 5) is 14.0. The first kappa shape index (κ1) is 18.6. The van der Waals surface area contributed by atoms with Crippen LogP contribution in [0.1, 0.15) is 32.3 Å². The number of carbonyl (C=O) groups excluding carboxylic acids is 1. The van der Waals surface area contributed by atoms with Crippen molar-refractivity contribution in [2.75, 3.05) is 32.8 Å². The third-order valence-electron chi connectivity index (χ3n) is 4.26. The van der Waals surface area contributed by atoms with E-state index in [9.17, 15) is 9.90 Å². The van der Waals surface area contributed by atoms with Crippen LogP contribution in [0.4, 0.5) is 4.79 Å². The van der Waals surface area contributed by atoms with E-state index in [1.165, 1.54) is 5.56 Å². The highest BCUT2D eigenvalue weighted by atomic mass is 16.5. The maximum atomic E-state index is 12.2. The van der Waals surface area contributed by atoms with Crippen LogP contribution in [-0.2, 0) is 6.42 Å². The molecule has 0 spiro atoms. The predicted molar refractivity (Wildman–Crippen MR) is 95.3 cm³/mol. The van der Waals surface area contributed by atoms with Crippen LogP contribution in [0.25, 0.3) is 0 Å². The summed E-state index contributed by atoms with van der Waals surface area (Å²) >= 11 is 0. The van der Waals surface area contributed by atoms with Crippen LogP contribution in [0.15, 0.2) is 24.3 Å². The molecule has 0 aromatic heterocycles. The summed E-state index contributed by atoms with van der Waals surface area (Å²) in [6, 6.07) is 8.03. The van der Waals surface area contributed by atoms with Gasteiger partial charge >= 0.3 is 6.03 Å². The first-order valence-electron chi connectivity index (χ1n) is 8.94. The molecule has 0 saturated carbocycles. The molecule has 24 heavy (non-hydrogen) atoms. The molecule has 1 atom stereocenters. The number of nitrogens with one attached hydrogen (secondary N) is 1. The maximum absolute atomic E-state index is 12.2. The second kappa shape index (κ2) is 9.52. The van der Waals surface area contributed by atoms with Gasteiger partial charge in [0.1, 0.15) is 5.75 Å². The highest BCUT2D eigenvalue weighted by Gasteiger charge is 2.22. The van der Waals surface area contributed by atoms with E-state index in [-0.39, 0.29) is 18.6 Å². The highest BCUT2D eigenvalue weighted by molar-refractivity contribution is 5.74. The molecule has 2 rings (SSSR count). The van der Waals surface area contributed by atoms with Crippen LogP contribution in [0.5, 0.6) is 5.75 Å². The van der Waals surface area contributed by atoms with Crippen molar-refractivity contribution in [3.63, 3.8) is 0 Å². The number of carbonyl (C=O) groups is 1. The minimum Gasteiger partial charge on any atom is -0.493 e. The van der Waals surface area contributed by atoms with Gasteiger partial charge in [-0.2, -0.15) is 0 Å². The molecule has 0 radical (unpaired) electrons. The van der Waals surface area contributed by atoms with Crippen molar-refractivity contribution < 1.29 is 14.6 Å². The summed E-state index contributed by atoms with van der Waals surface area (Å²) in [6.07, 6.45) is 2.77. The van der Waals surface area contributed by atoms with Crippen molar-refractivity contribution in [3.05, 3.63) is 29.8 Å². The number of piperidine rings is 1. The highest BCUT2D eigenvalue weighted by Crippen LogP contribution is 2.16. The van der Waals surface area contributed by atoms with Gasteiger partial charge < -0.3 is 20.1 Å². The first-order valence-corrected chi connectivity index (χ1v) is 8.94. The fourth-order valence-corrected chi connectivity index (χ4v) is 2.84. The minimum absolute atomic E-state index is 0.0231. The molecule has 1 unspecified atom stereocenters. The molecule has 1 aliphatic rings. The molecule has 1 heterocycles. The topological polar surface area (TPSA) is 61.8 Å². The van der Waals surface area contributed by atoms with Crippen molar-refractivity contribution in [2.45, 2.75) is 33.1 Å². The molecule has 1 aliphatic heterocycles. The van der Waals surface area contributed by atoms with Crippen LogP contribution in [0.2, 0.25) is 0 Å². The van der Waals surface area contributed by atoms with E-state index >= 15 is 0 Å². The summed E-state index contributed by atoms with van der Waals surface area (Å²) in [7, 11) is 0. The van der Waals surface area contributed by atoms with Crippen molar-refractivity contribution in [3.8, 4) is 5.75 Å². The van der Waals surface area contributed by atoms with Gasteiger partial charge in [0.25, 0.3) is 0 Å². The minimum atomic E-state index is -0.0231. The number of urea groups is 1. The largest absolute Gasteiger partial charge is 0.493 e. The van der Waals surface area contributed by atoms with E-state index in [2.05, 4.69) is 19.2 Å². The van der Waals surface area contributed by atoms with E-state index in [4.69, 9.17) is 4.74 Å². The molecule has 134 valence electrons. The summed E-state index contributed by atoms with van der Waals surface area (Å²) in [6.45, 7) is 7.19. The molecule has 5 nitrogen and oxygen atoms in total. The van der Waals surface area contributed by atoms with Crippen LogP contribution >= 0.6 is 0 Å². The van der Waals surface area contributed by atoms with Crippen molar-refractivity contribution in [2.24, 2.45) is 11.8 Å². The van der Waals surface area contributed by atoms with Crippen molar-refractivity contribution in [1.29, 1.82) is 0 Å². The Kier molecular flexibility index (Phi) is 7.37. The van der Waals surface area contributed by atoms with Gasteiger partial charge in [-0.15, -0.1) is 0 Å². The third-order valence-corrected chi connectivity index (χ3v) is 4.26. The summed E-state index contributed by atoms with van der Waals surface area (Å²) < 4.78 is 5.67. The van der Waals surface area contributed by atoms with E-state index < -0.39 is 0 Å². The molecule has 0 aliphatic carbocycles. The number of ether oxygens (including phenoxy) is 1. The third kappa shape index (κ3) is 6.04. The van der Waals surface area contributed by atoms with Crippen LogP contribution in [0, 0.1) is 11.8 Å². The zero-order valence-electron chi connectivity index (χ0n) is 14.8. The van der Waals surface area contributed by atoms with E-state index in [0.717, 1.165) is 38.2 Å². The Balaban J connectivity index is 1.70. The molecule has 1 aromatic rings. The Morgan fingerprint density at radius 3 is 2.79 bits per heavy atom. The van der Waals surface area contributed by atoms with E-state index in [1.54, 1.807) is 0 Å². The van der Waals surface area contributed by atoms with Crippen LogP contribution < -0.4 is 10.1 Å². The Bertz CT molecular complexity index is 502. The maximum Gasteiger partial charge on any atom is 0.317 e. The van der Waals surface area contributed by atoms with E-state index in [0.29, 0.717) is 19.0 Å². The zero-order valence-corrected chi connectivity index (χ0v) is 14.8. The molecule has 0 bridgehead atoms. The summed E-state index contributed by atoms with van der Waals surface area (Å²) in [5, 5.41) is 12.2. The lowest BCUT2D eigenvalue weighted by Crippen LogP contribution is -2.46. The standard InChI is InChI=1S/C19H30N2O3/c1-15(2)14-24-18-7-5-16(6-8-18)9-10-20-19(23)21-11-3-4-17(12-21)13-22/h5-8,15,17,22H,3-4,9-14H2,1-2H3,(H,20,23). The van der Waals surface area contributed by atoms with Gasteiger partial charge in [-0.1, -0.05) is 26.0 Å². The average molecular weight is 334 g/mol. The molecule has 1 fully saturated rings. The molecule has 1 saturated heterocycles.